The van der Waals surface area contributed by atoms with Gasteiger partial charge in [0.05, 0.1) is 0 Å². The molecule has 0 unspecified atom stereocenters. The first kappa shape index (κ1) is 17.4. The van der Waals surface area contributed by atoms with Crippen molar-refractivity contribution in [3.63, 3.8) is 0 Å². The topological polar surface area (TPSA) is 58.4 Å². The van der Waals surface area contributed by atoms with Gasteiger partial charge in [-0.25, -0.2) is 0 Å². The normalized spacial score (nSPS) is 20.9. The molecule has 20 heavy (non-hydrogen) atoms. The first-order chi connectivity index (χ1) is 9.34. The Labute approximate surface area is 124 Å². The van der Waals surface area contributed by atoms with Crippen molar-refractivity contribution in [3.05, 3.63) is 0 Å². The molecular formula is C16H33N3O. The zero-order chi connectivity index (χ0) is 15.2. The number of hydrogen-bond donors (Lipinski definition) is 2. The minimum absolute atomic E-state index is 0.168. The maximum absolute atomic E-state index is 12.1. The standard InChI is InChI=1S/C16H33N3O/c1-13(2)9-14(11-17)10-15(20)18-12-16(3)5-7-19(4)8-6-16/h13-14H,5-12,17H2,1-4H3,(H,18,20)/t14-/m0/s1. The van der Waals surface area contributed by atoms with Crippen LogP contribution in [0.15, 0.2) is 0 Å². The van der Waals surface area contributed by atoms with E-state index in [0.717, 1.165) is 38.9 Å². The molecule has 0 spiro atoms. The van der Waals surface area contributed by atoms with Crippen LogP contribution in [0.1, 0.15) is 46.5 Å². The number of carbonyl (C=O) groups excluding carboxylic acids is 1. The van der Waals surface area contributed by atoms with Crippen LogP contribution < -0.4 is 11.1 Å². The smallest absolute Gasteiger partial charge is 0.220 e. The molecule has 1 rings (SSSR count). The van der Waals surface area contributed by atoms with E-state index >= 15 is 0 Å². The zero-order valence-electron chi connectivity index (χ0n) is 13.7. The molecule has 0 aromatic heterocycles. The summed E-state index contributed by atoms with van der Waals surface area (Å²) in [6.07, 6.45) is 3.93. The van der Waals surface area contributed by atoms with Gasteiger partial charge in [-0.2, -0.15) is 0 Å². The number of amides is 1. The van der Waals surface area contributed by atoms with E-state index in [1.165, 1.54) is 0 Å². The van der Waals surface area contributed by atoms with Gasteiger partial charge in [-0.05, 0) is 63.2 Å². The molecule has 0 aliphatic carbocycles. The fourth-order valence-electron chi connectivity index (χ4n) is 2.91. The summed E-state index contributed by atoms with van der Waals surface area (Å²) in [6.45, 7) is 10.3. The van der Waals surface area contributed by atoms with Gasteiger partial charge >= 0.3 is 0 Å². The Kier molecular flexibility index (Phi) is 6.96. The van der Waals surface area contributed by atoms with Crippen molar-refractivity contribution in [2.45, 2.75) is 46.5 Å². The molecule has 1 aliphatic heterocycles. The Morgan fingerprint density at radius 2 is 1.95 bits per heavy atom. The van der Waals surface area contributed by atoms with Crippen molar-refractivity contribution in [3.8, 4) is 0 Å². The highest BCUT2D eigenvalue weighted by Gasteiger charge is 2.29. The molecular weight excluding hydrogens is 250 g/mol. The van der Waals surface area contributed by atoms with E-state index in [9.17, 15) is 4.79 Å². The lowest BCUT2D eigenvalue weighted by atomic mass is 9.80. The molecule has 3 N–H and O–H groups in total. The van der Waals surface area contributed by atoms with Gasteiger partial charge in [-0.15, -0.1) is 0 Å². The summed E-state index contributed by atoms with van der Waals surface area (Å²) in [6, 6.07) is 0. The molecule has 118 valence electrons. The van der Waals surface area contributed by atoms with E-state index < -0.39 is 0 Å². The number of carbonyl (C=O) groups is 1. The van der Waals surface area contributed by atoms with Crippen molar-refractivity contribution in [1.82, 2.24) is 10.2 Å². The van der Waals surface area contributed by atoms with Gasteiger partial charge in [0.15, 0.2) is 0 Å². The Morgan fingerprint density at radius 3 is 2.45 bits per heavy atom. The Morgan fingerprint density at radius 1 is 1.35 bits per heavy atom. The van der Waals surface area contributed by atoms with Gasteiger partial charge in [0.2, 0.25) is 5.91 Å². The quantitative estimate of drug-likeness (QED) is 0.749. The number of likely N-dealkylation sites (tertiary alicyclic amines) is 1. The fraction of sp³-hybridized carbons (Fsp3) is 0.938. The van der Waals surface area contributed by atoms with Crippen LogP contribution in [0.25, 0.3) is 0 Å². The van der Waals surface area contributed by atoms with Gasteiger partial charge in [-0.3, -0.25) is 4.79 Å². The average Bonchev–Trinajstić information content (AvgIpc) is 2.39. The first-order valence-corrected chi connectivity index (χ1v) is 8.00. The molecule has 0 saturated carbocycles. The van der Waals surface area contributed by atoms with Gasteiger partial charge in [0, 0.05) is 13.0 Å². The van der Waals surface area contributed by atoms with Crippen LogP contribution in [-0.4, -0.2) is 44.0 Å². The fourth-order valence-corrected chi connectivity index (χ4v) is 2.91. The molecule has 1 heterocycles. The van der Waals surface area contributed by atoms with E-state index in [-0.39, 0.29) is 11.3 Å². The molecule has 4 heteroatoms. The van der Waals surface area contributed by atoms with Crippen molar-refractivity contribution >= 4 is 5.91 Å². The summed E-state index contributed by atoms with van der Waals surface area (Å²) < 4.78 is 0. The number of piperidine rings is 1. The van der Waals surface area contributed by atoms with E-state index in [1.807, 2.05) is 0 Å². The summed E-state index contributed by atoms with van der Waals surface area (Å²) in [4.78, 5) is 14.4. The van der Waals surface area contributed by atoms with Crippen molar-refractivity contribution in [1.29, 1.82) is 0 Å². The predicted molar refractivity (Wildman–Crippen MR) is 84.5 cm³/mol. The minimum Gasteiger partial charge on any atom is -0.356 e. The maximum atomic E-state index is 12.1. The van der Waals surface area contributed by atoms with Crippen LogP contribution in [0, 0.1) is 17.3 Å². The Bertz CT molecular complexity index is 296. The van der Waals surface area contributed by atoms with Crippen LogP contribution >= 0.6 is 0 Å². The maximum Gasteiger partial charge on any atom is 0.220 e. The second-order valence-electron chi connectivity index (χ2n) is 7.33. The van der Waals surface area contributed by atoms with Crippen LogP contribution in [-0.2, 0) is 4.79 Å². The highest BCUT2D eigenvalue weighted by molar-refractivity contribution is 5.76. The van der Waals surface area contributed by atoms with Crippen LogP contribution in [0.4, 0.5) is 0 Å². The highest BCUT2D eigenvalue weighted by atomic mass is 16.1. The molecule has 0 aromatic carbocycles. The molecule has 1 atom stereocenters. The van der Waals surface area contributed by atoms with Gasteiger partial charge in [0.1, 0.15) is 0 Å². The number of nitrogens with one attached hydrogen (secondary N) is 1. The van der Waals surface area contributed by atoms with Crippen molar-refractivity contribution < 1.29 is 4.79 Å². The minimum atomic E-state index is 0.168. The van der Waals surface area contributed by atoms with Crippen LogP contribution in [0.3, 0.4) is 0 Å². The molecule has 4 nitrogen and oxygen atoms in total. The molecule has 0 radical (unpaired) electrons. The van der Waals surface area contributed by atoms with Crippen molar-refractivity contribution in [2.75, 3.05) is 33.2 Å². The summed E-state index contributed by atoms with van der Waals surface area (Å²) >= 11 is 0. The second kappa shape index (κ2) is 7.99. The van der Waals surface area contributed by atoms with Crippen molar-refractivity contribution in [2.24, 2.45) is 23.0 Å². The first-order valence-electron chi connectivity index (χ1n) is 8.00. The van der Waals surface area contributed by atoms with Crippen LogP contribution in [0.2, 0.25) is 0 Å². The third kappa shape index (κ3) is 6.23. The van der Waals surface area contributed by atoms with E-state index in [4.69, 9.17) is 5.73 Å². The van der Waals surface area contributed by atoms with E-state index in [1.54, 1.807) is 0 Å². The van der Waals surface area contributed by atoms with Gasteiger partial charge < -0.3 is 16.0 Å². The monoisotopic (exact) mass is 283 g/mol. The molecule has 1 fully saturated rings. The molecule has 1 saturated heterocycles. The lowest BCUT2D eigenvalue weighted by molar-refractivity contribution is -0.122. The summed E-state index contributed by atoms with van der Waals surface area (Å²) in [5, 5.41) is 3.13. The van der Waals surface area contributed by atoms with E-state index in [2.05, 4.69) is 38.0 Å². The number of rotatable bonds is 7. The number of hydrogen-bond acceptors (Lipinski definition) is 3. The van der Waals surface area contributed by atoms with Crippen LogP contribution in [0.5, 0.6) is 0 Å². The SMILES string of the molecule is CC(C)C[C@H](CN)CC(=O)NCC1(C)CCN(C)CC1. The Hall–Kier alpha value is -0.610. The van der Waals surface area contributed by atoms with Gasteiger partial charge in [0.25, 0.3) is 0 Å². The van der Waals surface area contributed by atoms with Gasteiger partial charge in [-0.1, -0.05) is 20.8 Å². The summed E-state index contributed by atoms with van der Waals surface area (Å²) in [5.41, 5.74) is 6.03. The third-order valence-electron chi connectivity index (χ3n) is 4.52. The third-order valence-corrected chi connectivity index (χ3v) is 4.52. The Balaban J connectivity index is 2.31. The average molecular weight is 283 g/mol. The zero-order valence-corrected chi connectivity index (χ0v) is 13.7. The molecule has 0 bridgehead atoms. The lowest BCUT2D eigenvalue weighted by Crippen LogP contribution is -2.43. The number of nitrogens with zero attached hydrogens (tertiary/aromatic N) is 1. The molecule has 0 aromatic rings. The second-order valence-corrected chi connectivity index (χ2v) is 7.33. The summed E-state index contributed by atoms with van der Waals surface area (Å²) in [7, 11) is 2.16. The number of nitrogens with two attached hydrogens (primary N) is 1. The van der Waals surface area contributed by atoms with E-state index in [0.29, 0.717) is 24.8 Å². The highest BCUT2D eigenvalue weighted by Crippen LogP contribution is 2.29. The summed E-state index contributed by atoms with van der Waals surface area (Å²) in [5.74, 6) is 1.09. The molecule has 1 aliphatic rings. The lowest BCUT2D eigenvalue weighted by Gasteiger charge is -2.38. The largest absolute Gasteiger partial charge is 0.356 e. The predicted octanol–water partition coefficient (Wildman–Crippen LogP) is 1.85. The molecule has 1 amide bonds.